The molecule has 128 valence electrons. The molecule has 0 saturated heterocycles. The third kappa shape index (κ3) is 11.4. The van der Waals surface area contributed by atoms with Crippen LogP contribution in [0.3, 0.4) is 0 Å². The molecule has 0 aliphatic heterocycles. The van der Waals surface area contributed by atoms with Gasteiger partial charge in [0.15, 0.2) is 0 Å². The topological polar surface area (TPSA) is 52.6 Å². The Morgan fingerprint density at radius 1 is 0.909 bits per heavy atom. The molecule has 0 saturated carbocycles. The second kappa shape index (κ2) is 13.4. The molecule has 0 bridgehead atoms. The number of esters is 2. The second-order valence-electron chi connectivity index (χ2n) is 5.90. The quantitative estimate of drug-likeness (QED) is 0.304. The zero-order valence-electron chi connectivity index (χ0n) is 14.6. The van der Waals surface area contributed by atoms with E-state index in [2.05, 4.69) is 6.92 Å². The van der Waals surface area contributed by atoms with E-state index < -0.39 is 11.9 Å². The van der Waals surface area contributed by atoms with Crippen molar-refractivity contribution >= 4 is 11.9 Å². The van der Waals surface area contributed by atoms with Gasteiger partial charge < -0.3 is 9.47 Å². The smallest absolute Gasteiger partial charge is 0.331 e. The molecule has 0 aromatic carbocycles. The number of rotatable bonds is 12. The Hall–Kier alpha value is -1.32. The zero-order valence-corrected chi connectivity index (χ0v) is 14.6. The van der Waals surface area contributed by atoms with Crippen LogP contribution in [-0.2, 0) is 19.1 Å². The first-order chi connectivity index (χ1) is 10.5. The highest BCUT2D eigenvalue weighted by molar-refractivity contribution is 5.91. The molecular formula is C18H32O4. The van der Waals surface area contributed by atoms with E-state index in [4.69, 9.17) is 9.47 Å². The third-order valence-corrected chi connectivity index (χ3v) is 3.51. The first-order valence-electron chi connectivity index (χ1n) is 8.56. The summed E-state index contributed by atoms with van der Waals surface area (Å²) in [6, 6.07) is 0. The summed E-state index contributed by atoms with van der Waals surface area (Å²) in [7, 11) is 0. The molecule has 1 unspecified atom stereocenters. The molecule has 22 heavy (non-hydrogen) atoms. The van der Waals surface area contributed by atoms with E-state index in [0.29, 0.717) is 6.61 Å². The van der Waals surface area contributed by atoms with Crippen LogP contribution in [0.25, 0.3) is 0 Å². The predicted molar refractivity (Wildman–Crippen MR) is 88.5 cm³/mol. The maximum absolute atomic E-state index is 11.6. The van der Waals surface area contributed by atoms with Crippen LogP contribution in [0.15, 0.2) is 12.2 Å². The average Bonchev–Trinajstić information content (AvgIpc) is 2.49. The van der Waals surface area contributed by atoms with E-state index in [1.807, 2.05) is 20.8 Å². The van der Waals surface area contributed by atoms with Crippen molar-refractivity contribution in [2.24, 2.45) is 5.92 Å². The van der Waals surface area contributed by atoms with Crippen LogP contribution < -0.4 is 0 Å². The van der Waals surface area contributed by atoms with Gasteiger partial charge in [-0.05, 0) is 18.8 Å². The van der Waals surface area contributed by atoms with E-state index in [1.54, 1.807) is 0 Å². The Kier molecular flexibility index (Phi) is 12.5. The summed E-state index contributed by atoms with van der Waals surface area (Å²) in [6.45, 7) is 8.56. The SMILES string of the molecule is CCCCCCCCOC(=O)/C=C/C(=O)OC(CC)C(C)C. The fourth-order valence-electron chi connectivity index (χ4n) is 2.12. The Labute approximate surface area is 135 Å². The number of unbranched alkanes of at least 4 members (excludes halogenated alkanes) is 5. The number of carbonyl (C=O) groups excluding carboxylic acids is 2. The van der Waals surface area contributed by atoms with Crippen molar-refractivity contribution in [3.8, 4) is 0 Å². The van der Waals surface area contributed by atoms with E-state index in [9.17, 15) is 9.59 Å². The lowest BCUT2D eigenvalue weighted by molar-refractivity contribution is -0.146. The highest BCUT2D eigenvalue weighted by Gasteiger charge is 2.14. The van der Waals surface area contributed by atoms with Gasteiger partial charge in [-0.25, -0.2) is 9.59 Å². The van der Waals surface area contributed by atoms with Gasteiger partial charge >= 0.3 is 11.9 Å². The molecule has 4 heteroatoms. The molecule has 0 heterocycles. The molecule has 0 aliphatic carbocycles. The summed E-state index contributed by atoms with van der Waals surface area (Å²) in [5, 5.41) is 0. The maximum Gasteiger partial charge on any atom is 0.331 e. The third-order valence-electron chi connectivity index (χ3n) is 3.51. The Bertz CT molecular complexity index is 334. The van der Waals surface area contributed by atoms with Crippen LogP contribution in [0, 0.1) is 5.92 Å². The van der Waals surface area contributed by atoms with E-state index in [0.717, 1.165) is 31.4 Å². The van der Waals surface area contributed by atoms with Crippen molar-refractivity contribution in [1.29, 1.82) is 0 Å². The van der Waals surface area contributed by atoms with Gasteiger partial charge in [0.1, 0.15) is 6.10 Å². The maximum atomic E-state index is 11.6. The first kappa shape index (κ1) is 20.7. The number of ether oxygens (including phenoxy) is 2. The normalized spacial score (nSPS) is 12.6. The van der Waals surface area contributed by atoms with Gasteiger partial charge in [0.05, 0.1) is 6.61 Å². The molecule has 1 atom stereocenters. The predicted octanol–water partition coefficient (Wildman–Crippen LogP) is 4.42. The van der Waals surface area contributed by atoms with Crippen LogP contribution in [0.5, 0.6) is 0 Å². The van der Waals surface area contributed by atoms with Crippen LogP contribution in [0.2, 0.25) is 0 Å². The monoisotopic (exact) mass is 312 g/mol. The Balaban J connectivity index is 3.79. The lowest BCUT2D eigenvalue weighted by Gasteiger charge is -2.18. The largest absolute Gasteiger partial charge is 0.463 e. The lowest BCUT2D eigenvalue weighted by atomic mass is 10.1. The van der Waals surface area contributed by atoms with Crippen molar-refractivity contribution in [2.75, 3.05) is 6.61 Å². The molecule has 0 aliphatic rings. The van der Waals surface area contributed by atoms with Crippen molar-refractivity contribution in [3.63, 3.8) is 0 Å². The molecule has 0 spiro atoms. The molecule has 0 aromatic rings. The van der Waals surface area contributed by atoms with Gasteiger partial charge in [-0.15, -0.1) is 0 Å². The standard InChI is InChI=1S/C18H32O4/c1-5-7-8-9-10-11-14-21-17(19)12-13-18(20)22-16(6-2)15(3)4/h12-13,15-16H,5-11,14H2,1-4H3/b13-12+. The van der Waals surface area contributed by atoms with E-state index >= 15 is 0 Å². The number of hydrogen-bond donors (Lipinski definition) is 0. The minimum atomic E-state index is -0.489. The number of carbonyl (C=O) groups is 2. The first-order valence-corrected chi connectivity index (χ1v) is 8.56. The van der Waals surface area contributed by atoms with Gasteiger partial charge in [-0.2, -0.15) is 0 Å². The van der Waals surface area contributed by atoms with Crippen molar-refractivity contribution < 1.29 is 19.1 Å². The molecular weight excluding hydrogens is 280 g/mol. The van der Waals surface area contributed by atoms with Crippen molar-refractivity contribution in [3.05, 3.63) is 12.2 Å². The molecule has 0 aromatic heterocycles. The van der Waals surface area contributed by atoms with Gasteiger partial charge in [0.25, 0.3) is 0 Å². The van der Waals surface area contributed by atoms with E-state index in [-0.39, 0.29) is 12.0 Å². The van der Waals surface area contributed by atoms with Crippen LogP contribution in [-0.4, -0.2) is 24.6 Å². The van der Waals surface area contributed by atoms with Gasteiger partial charge in [0, 0.05) is 12.2 Å². The summed E-state index contributed by atoms with van der Waals surface area (Å²) in [5.41, 5.74) is 0. The van der Waals surface area contributed by atoms with Gasteiger partial charge in [-0.1, -0.05) is 59.8 Å². The average molecular weight is 312 g/mol. The van der Waals surface area contributed by atoms with Crippen LogP contribution >= 0.6 is 0 Å². The summed E-state index contributed by atoms with van der Waals surface area (Å²) >= 11 is 0. The minimum Gasteiger partial charge on any atom is -0.463 e. The van der Waals surface area contributed by atoms with Crippen molar-refractivity contribution in [1.82, 2.24) is 0 Å². The highest BCUT2D eigenvalue weighted by Crippen LogP contribution is 2.10. The fourth-order valence-corrected chi connectivity index (χ4v) is 2.12. The van der Waals surface area contributed by atoms with Gasteiger partial charge in [0.2, 0.25) is 0 Å². The molecule has 4 nitrogen and oxygen atoms in total. The van der Waals surface area contributed by atoms with Crippen LogP contribution in [0.4, 0.5) is 0 Å². The summed E-state index contributed by atoms with van der Waals surface area (Å²) < 4.78 is 10.3. The fraction of sp³-hybridized carbons (Fsp3) is 0.778. The molecule has 0 amide bonds. The molecule has 0 rings (SSSR count). The van der Waals surface area contributed by atoms with Crippen LogP contribution in [0.1, 0.15) is 72.6 Å². The molecule has 0 fully saturated rings. The van der Waals surface area contributed by atoms with Crippen molar-refractivity contribution in [2.45, 2.75) is 78.7 Å². The summed E-state index contributed by atoms with van der Waals surface area (Å²) in [5.74, 6) is -0.706. The minimum absolute atomic E-state index is 0.115. The second-order valence-corrected chi connectivity index (χ2v) is 5.90. The lowest BCUT2D eigenvalue weighted by Crippen LogP contribution is -2.21. The Morgan fingerprint density at radius 3 is 2.09 bits per heavy atom. The van der Waals surface area contributed by atoms with E-state index in [1.165, 1.54) is 25.7 Å². The Morgan fingerprint density at radius 2 is 1.50 bits per heavy atom. The number of hydrogen-bond acceptors (Lipinski definition) is 4. The molecule has 0 N–H and O–H groups in total. The highest BCUT2D eigenvalue weighted by atomic mass is 16.5. The summed E-state index contributed by atoms with van der Waals surface area (Å²) in [6.07, 6.45) is 9.80. The van der Waals surface area contributed by atoms with Gasteiger partial charge in [-0.3, -0.25) is 0 Å². The molecule has 0 radical (unpaired) electrons. The zero-order chi connectivity index (χ0) is 16.8. The summed E-state index contributed by atoms with van der Waals surface area (Å²) in [4.78, 5) is 23.0.